The average molecular weight is 329 g/mol. The number of halogens is 1. The lowest BCUT2D eigenvalue weighted by molar-refractivity contribution is 0.0710. The number of hydrogen-bond acceptors (Lipinski definition) is 2. The van der Waals surface area contributed by atoms with Gasteiger partial charge in [-0.15, -0.1) is 0 Å². The Hall–Kier alpha value is -0.350. The second kappa shape index (κ2) is 4.07. The first-order valence-corrected chi connectivity index (χ1v) is 8.77. The van der Waals surface area contributed by atoms with Gasteiger partial charge in [0.05, 0.1) is 10.1 Å². The Morgan fingerprint density at radius 1 is 1.17 bits per heavy atom. The van der Waals surface area contributed by atoms with Gasteiger partial charge in [-0.05, 0) is 43.7 Å². The van der Waals surface area contributed by atoms with Crippen molar-refractivity contribution >= 4 is 25.8 Å². The molecule has 0 saturated heterocycles. The zero-order chi connectivity index (χ0) is 13.0. The maximum atomic E-state index is 12.7. The second-order valence-corrected chi connectivity index (χ2v) is 9.43. The van der Waals surface area contributed by atoms with E-state index in [4.69, 9.17) is 0 Å². The Balaban J connectivity index is 1.98. The monoisotopic (exact) mass is 328 g/mol. The van der Waals surface area contributed by atoms with E-state index in [-0.39, 0.29) is 21.4 Å². The molecule has 0 aliphatic heterocycles. The van der Waals surface area contributed by atoms with Crippen LogP contribution in [0.2, 0.25) is 0 Å². The van der Waals surface area contributed by atoms with E-state index in [2.05, 4.69) is 22.9 Å². The molecule has 0 N–H and O–H groups in total. The number of hydrogen-bond donors (Lipinski definition) is 0. The first-order valence-electron chi connectivity index (χ1n) is 6.43. The van der Waals surface area contributed by atoms with Crippen LogP contribution in [0.3, 0.4) is 0 Å². The van der Waals surface area contributed by atoms with Crippen LogP contribution in [0.15, 0.2) is 35.2 Å². The fourth-order valence-corrected chi connectivity index (χ4v) is 7.66. The van der Waals surface area contributed by atoms with Crippen molar-refractivity contribution in [3.05, 3.63) is 30.3 Å². The highest BCUT2D eigenvalue weighted by Crippen LogP contribution is 2.61. The van der Waals surface area contributed by atoms with Gasteiger partial charge in [-0.2, -0.15) is 0 Å². The molecular formula is C14H17BrO2S. The van der Waals surface area contributed by atoms with E-state index in [0.717, 1.165) is 19.3 Å². The maximum Gasteiger partial charge on any atom is 0.181 e. The van der Waals surface area contributed by atoms with Gasteiger partial charge in [-0.1, -0.05) is 40.5 Å². The summed E-state index contributed by atoms with van der Waals surface area (Å²) in [4.78, 5) is 0.481. The molecule has 2 aliphatic rings. The van der Waals surface area contributed by atoms with Crippen LogP contribution in [0.25, 0.3) is 0 Å². The van der Waals surface area contributed by atoms with Crippen LogP contribution in [0.5, 0.6) is 0 Å². The van der Waals surface area contributed by atoms with Crippen LogP contribution in [0.4, 0.5) is 0 Å². The summed E-state index contributed by atoms with van der Waals surface area (Å²) in [5.74, 6) is 0.530. The van der Waals surface area contributed by atoms with Crippen LogP contribution in [0, 0.1) is 11.8 Å². The standard InChI is InChI=1S/C14H17BrO2S/c1-14(15)11-8-5-9-12(14)13(11)18(16,17)10-6-3-2-4-7-10/h2-4,6-7,11-13H,5,8-9H2,1H3/t11-,12-,13?,14?/m1/s1. The van der Waals surface area contributed by atoms with E-state index in [1.165, 1.54) is 0 Å². The lowest BCUT2D eigenvalue weighted by Gasteiger charge is -2.60. The lowest BCUT2D eigenvalue weighted by Crippen LogP contribution is -2.65. The number of sulfone groups is 1. The summed E-state index contributed by atoms with van der Waals surface area (Å²) >= 11 is 3.75. The van der Waals surface area contributed by atoms with Gasteiger partial charge in [0, 0.05) is 4.32 Å². The Morgan fingerprint density at radius 3 is 2.22 bits per heavy atom. The minimum absolute atomic E-state index is 0.0256. The van der Waals surface area contributed by atoms with E-state index < -0.39 is 9.84 Å². The highest BCUT2D eigenvalue weighted by atomic mass is 79.9. The number of rotatable bonds is 2. The molecule has 2 saturated carbocycles. The van der Waals surface area contributed by atoms with Gasteiger partial charge in [-0.25, -0.2) is 8.42 Å². The molecular weight excluding hydrogens is 312 g/mol. The molecule has 3 rings (SSSR count). The predicted molar refractivity (Wildman–Crippen MR) is 75.6 cm³/mol. The molecule has 98 valence electrons. The van der Waals surface area contributed by atoms with E-state index in [0.29, 0.717) is 4.90 Å². The molecule has 0 unspecified atom stereocenters. The smallest absolute Gasteiger partial charge is 0.181 e. The quantitative estimate of drug-likeness (QED) is 0.779. The summed E-state index contributed by atoms with van der Waals surface area (Å²) in [5.41, 5.74) is 0. The van der Waals surface area contributed by atoms with Gasteiger partial charge >= 0.3 is 0 Å². The Kier molecular flexibility index (Phi) is 2.87. The maximum absolute atomic E-state index is 12.7. The molecule has 2 bridgehead atoms. The molecule has 18 heavy (non-hydrogen) atoms. The molecule has 4 heteroatoms. The summed E-state index contributed by atoms with van der Waals surface area (Å²) in [6.07, 6.45) is 3.21. The lowest BCUT2D eigenvalue weighted by atomic mass is 9.57. The molecule has 2 fully saturated rings. The van der Waals surface area contributed by atoms with Crippen LogP contribution in [0.1, 0.15) is 26.2 Å². The number of fused-ring (bicyclic) bond motifs is 2. The zero-order valence-electron chi connectivity index (χ0n) is 10.3. The average Bonchev–Trinajstić information content (AvgIpc) is 2.39. The van der Waals surface area contributed by atoms with Gasteiger partial charge < -0.3 is 0 Å². The van der Waals surface area contributed by atoms with Crippen molar-refractivity contribution in [3.8, 4) is 0 Å². The first kappa shape index (κ1) is 12.7. The molecule has 0 radical (unpaired) electrons. The highest BCUT2D eigenvalue weighted by Gasteiger charge is 2.63. The van der Waals surface area contributed by atoms with Crippen LogP contribution in [-0.2, 0) is 9.84 Å². The Labute approximate surface area is 117 Å². The predicted octanol–water partition coefficient (Wildman–Crippen LogP) is 3.41. The Morgan fingerprint density at radius 2 is 1.72 bits per heavy atom. The largest absolute Gasteiger partial charge is 0.223 e. The summed E-state index contributed by atoms with van der Waals surface area (Å²) in [6.45, 7) is 2.15. The van der Waals surface area contributed by atoms with E-state index >= 15 is 0 Å². The summed E-state index contributed by atoms with van der Waals surface area (Å²) in [5, 5.41) is -0.182. The van der Waals surface area contributed by atoms with E-state index in [1.54, 1.807) is 24.3 Å². The summed E-state index contributed by atoms with van der Waals surface area (Å²) in [6, 6.07) is 8.89. The van der Waals surface area contributed by atoms with Crippen molar-refractivity contribution in [3.63, 3.8) is 0 Å². The fraction of sp³-hybridized carbons (Fsp3) is 0.571. The summed E-state index contributed by atoms with van der Waals surface area (Å²) in [7, 11) is -3.16. The third-order valence-corrected chi connectivity index (χ3v) is 8.18. The van der Waals surface area contributed by atoms with Gasteiger partial charge in [0.1, 0.15) is 0 Å². The van der Waals surface area contributed by atoms with Gasteiger partial charge in [0.25, 0.3) is 0 Å². The molecule has 0 aromatic heterocycles. The minimum atomic E-state index is -3.16. The highest BCUT2D eigenvalue weighted by molar-refractivity contribution is 9.10. The molecule has 2 aliphatic carbocycles. The van der Waals surface area contributed by atoms with E-state index in [1.807, 2.05) is 6.07 Å². The topological polar surface area (TPSA) is 34.1 Å². The van der Waals surface area contributed by atoms with Crippen molar-refractivity contribution in [2.24, 2.45) is 11.8 Å². The van der Waals surface area contributed by atoms with Crippen molar-refractivity contribution in [2.75, 3.05) is 0 Å². The molecule has 1 aromatic carbocycles. The molecule has 0 heterocycles. The van der Waals surface area contributed by atoms with Crippen LogP contribution >= 0.6 is 15.9 Å². The molecule has 2 atom stereocenters. The zero-order valence-corrected chi connectivity index (χ0v) is 12.7. The number of alkyl halides is 1. The third kappa shape index (κ3) is 1.61. The normalized spacial score (nSPS) is 39.1. The van der Waals surface area contributed by atoms with Gasteiger partial charge in [0.2, 0.25) is 0 Å². The van der Waals surface area contributed by atoms with Crippen molar-refractivity contribution < 1.29 is 8.42 Å². The van der Waals surface area contributed by atoms with Gasteiger partial charge in [-0.3, -0.25) is 0 Å². The fourth-order valence-electron chi connectivity index (χ4n) is 3.73. The van der Waals surface area contributed by atoms with Crippen molar-refractivity contribution in [1.29, 1.82) is 0 Å². The SMILES string of the molecule is CC1(Br)[C@@H]2CCC[C@@H]1C2S(=O)(=O)c1ccccc1. The molecule has 2 nitrogen and oxygen atoms in total. The van der Waals surface area contributed by atoms with E-state index in [9.17, 15) is 8.42 Å². The molecule has 0 amide bonds. The van der Waals surface area contributed by atoms with Crippen molar-refractivity contribution in [1.82, 2.24) is 0 Å². The van der Waals surface area contributed by atoms with Crippen LogP contribution < -0.4 is 0 Å². The number of benzene rings is 1. The Bertz CT molecular complexity index is 536. The molecule has 1 aromatic rings. The first-order chi connectivity index (χ1) is 8.45. The second-order valence-electron chi connectivity index (χ2n) is 5.62. The summed E-state index contributed by atoms with van der Waals surface area (Å²) < 4.78 is 25.4. The van der Waals surface area contributed by atoms with Gasteiger partial charge in [0.15, 0.2) is 9.84 Å². The molecule has 0 spiro atoms. The van der Waals surface area contributed by atoms with Crippen molar-refractivity contribution in [2.45, 2.75) is 40.7 Å². The third-order valence-electron chi connectivity index (χ3n) is 4.70. The van der Waals surface area contributed by atoms with Crippen LogP contribution in [-0.4, -0.2) is 18.0 Å². The minimum Gasteiger partial charge on any atom is -0.223 e.